The van der Waals surface area contributed by atoms with Gasteiger partial charge in [0.25, 0.3) is 0 Å². The summed E-state index contributed by atoms with van der Waals surface area (Å²) < 4.78 is 28.8. The van der Waals surface area contributed by atoms with Gasteiger partial charge in [0.1, 0.15) is 11.6 Å². The normalized spacial score (nSPS) is 12.7. The van der Waals surface area contributed by atoms with Crippen LogP contribution in [0.25, 0.3) is 0 Å². The van der Waals surface area contributed by atoms with Gasteiger partial charge >= 0.3 is 0 Å². The topological polar surface area (TPSA) is 17.8 Å². The standard InChI is InChI=1S/C16H19ClF2N2/c1-4-14-16(10(3)17)15(5-2)21(20-14)9-11-8-12(18)6-7-13(11)19/h6-8,10H,4-5,9H2,1-3H3. The molecule has 0 aliphatic heterocycles. The van der Waals surface area contributed by atoms with Crippen molar-refractivity contribution in [2.24, 2.45) is 0 Å². The van der Waals surface area contributed by atoms with Crippen LogP contribution in [0.1, 0.15) is 48.7 Å². The van der Waals surface area contributed by atoms with Crippen LogP contribution < -0.4 is 0 Å². The Bertz CT molecular complexity index is 635. The Morgan fingerprint density at radius 3 is 2.52 bits per heavy atom. The Morgan fingerprint density at radius 2 is 1.95 bits per heavy atom. The fourth-order valence-corrected chi connectivity index (χ4v) is 2.87. The molecule has 2 rings (SSSR count). The van der Waals surface area contributed by atoms with Crippen LogP contribution >= 0.6 is 11.6 Å². The van der Waals surface area contributed by atoms with E-state index in [9.17, 15) is 8.78 Å². The summed E-state index contributed by atoms with van der Waals surface area (Å²) in [7, 11) is 0. The molecule has 0 saturated heterocycles. The molecule has 1 unspecified atom stereocenters. The van der Waals surface area contributed by atoms with Crippen LogP contribution in [0.4, 0.5) is 8.78 Å². The smallest absolute Gasteiger partial charge is 0.128 e. The van der Waals surface area contributed by atoms with E-state index in [4.69, 9.17) is 11.6 Å². The molecule has 1 heterocycles. The average molecular weight is 313 g/mol. The molecule has 5 heteroatoms. The summed E-state index contributed by atoms with van der Waals surface area (Å²) in [6.45, 7) is 6.14. The highest BCUT2D eigenvalue weighted by molar-refractivity contribution is 6.20. The Balaban J connectivity index is 2.46. The lowest BCUT2D eigenvalue weighted by Crippen LogP contribution is -2.08. The molecule has 2 aromatic rings. The first kappa shape index (κ1) is 16.0. The van der Waals surface area contributed by atoms with Gasteiger partial charge in [0.15, 0.2) is 0 Å². The maximum atomic E-state index is 13.8. The largest absolute Gasteiger partial charge is 0.264 e. The van der Waals surface area contributed by atoms with Gasteiger partial charge in [-0.2, -0.15) is 5.10 Å². The van der Waals surface area contributed by atoms with Crippen molar-refractivity contribution in [3.05, 3.63) is 52.3 Å². The number of benzene rings is 1. The number of aromatic nitrogens is 2. The Hall–Kier alpha value is -1.42. The minimum Gasteiger partial charge on any atom is -0.264 e. The van der Waals surface area contributed by atoms with Crippen molar-refractivity contribution in [2.75, 3.05) is 0 Å². The third kappa shape index (κ3) is 3.26. The molecule has 0 aliphatic rings. The number of hydrogen-bond acceptors (Lipinski definition) is 1. The third-order valence-electron chi connectivity index (χ3n) is 3.57. The molecule has 0 radical (unpaired) electrons. The number of alkyl halides is 1. The lowest BCUT2D eigenvalue weighted by molar-refractivity contribution is 0.558. The number of aryl methyl sites for hydroxylation is 1. The lowest BCUT2D eigenvalue weighted by Gasteiger charge is -2.10. The molecule has 0 saturated carbocycles. The van der Waals surface area contributed by atoms with Crippen LogP contribution in [0, 0.1) is 11.6 Å². The van der Waals surface area contributed by atoms with Crippen molar-refractivity contribution in [1.82, 2.24) is 9.78 Å². The van der Waals surface area contributed by atoms with E-state index in [1.54, 1.807) is 4.68 Å². The van der Waals surface area contributed by atoms with Crippen molar-refractivity contribution >= 4 is 11.6 Å². The zero-order valence-corrected chi connectivity index (χ0v) is 13.2. The Morgan fingerprint density at radius 1 is 1.24 bits per heavy atom. The van der Waals surface area contributed by atoms with E-state index in [0.29, 0.717) is 5.56 Å². The molecule has 0 fully saturated rings. The van der Waals surface area contributed by atoms with Crippen LogP contribution in [0.3, 0.4) is 0 Å². The van der Waals surface area contributed by atoms with Crippen LogP contribution in [-0.2, 0) is 19.4 Å². The van der Waals surface area contributed by atoms with E-state index in [0.717, 1.165) is 41.9 Å². The number of hydrogen-bond donors (Lipinski definition) is 0. The first-order chi connectivity index (χ1) is 9.97. The van der Waals surface area contributed by atoms with Crippen molar-refractivity contribution in [3.63, 3.8) is 0 Å². The van der Waals surface area contributed by atoms with Gasteiger partial charge in [-0.05, 0) is 38.0 Å². The SMILES string of the molecule is CCc1nn(Cc2cc(F)ccc2F)c(CC)c1C(C)Cl. The maximum absolute atomic E-state index is 13.8. The molecule has 1 atom stereocenters. The van der Waals surface area contributed by atoms with Crippen molar-refractivity contribution < 1.29 is 8.78 Å². The van der Waals surface area contributed by atoms with Crippen LogP contribution in [-0.4, -0.2) is 9.78 Å². The summed E-state index contributed by atoms with van der Waals surface area (Å²) in [6.07, 6.45) is 1.51. The average Bonchev–Trinajstić information content (AvgIpc) is 2.80. The highest BCUT2D eigenvalue weighted by Crippen LogP contribution is 2.28. The second-order valence-corrected chi connectivity index (χ2v) is 5.68. The minimum absolute atomic E-state index is 0.152. The second-order valence-electron chi connectivity index (χ2n) is 5.02. The second kappa shape index (κ2) is 6.56. The first-order valence-corrected chi connectivity index (χ1v) is 7.57. The van der Waals surface area contributed by atoms with Crippen LogP contribution in [0.15, 0.2) is 18.2 Å². The highest BCUT2D eigenvalue weighted by Gasteiger charge is 2.20. The molecular formula is C16H19ClF2N2. The van der Waals surface area contributed by atoms with Gasteiger partial charge in [0, 0.05) is 16.8 Å². The molecule has 2 nitrogen and oxygen atoms in total. The molecular weight excluding hydrogens is 294 g/mol. The minimum atomic E-state index is -0.446. The van der Waals surface area contributed by atoms with E-state index in [1.165, 1.54) is 6.07 Å². The van der Waals surface area contributed by atoms with E-state index in [1.807, 2.05) is 20.8 Å². The molecule has 0 aliphatic carbocycles. The summed E-state index contributed by atoms with van der Waals surface area (Å²) >= 11 is 6.26. The van der Waals surface area contributed by atoms with Crippen molar-refractivity contribution in [2.45, 2.75) is 45.5 Å². The molecule has 1 aromatic carbocycles. The van der Waals surface area contributed by atoms with Gasteiger partial charge in [0.2, 0.25) is 0 Å². The van der Waals surface area contributed by atoms with Crippen molar-refractivity contribution in [1.29, 1.82) is 0 Å². The van der Waals surface area contributed by atoms with Crippen molar-refractivity contribution in [3.8, 4) is 0 Å². The van der Waals surface area contributed by atoms with E-state index in [2.05, 4.69) is 5.10 Å². The van der Waals surface area contributed by atoms with Gasteiger partial charge < -0.3 is 0 Å². The van der Waals surface area contributed by atoms with Gasteiger partial charge in [-0.15, -0.1) is 11.6 Å². The molecule has 0 spiro atoms. The predicted molar refractivity (Wildman–Crippen MR) is 80.7 cm³/mol. The zero-order valence-electron chi connectivity index (χ0n) is 12.5. The lowest BCUT2D eigenvalue weighted by atomic mass is 10.1. The maximum Gasteiger partial charge on any atom is 0.128 e. The highest BCUT2D eigenvalue weighted by atomic mass is 35.5. The molecule has 0 amide bonds. The van der Waals surface area contributed by atoms with E-state index in [-0.39, 0.29) is 11.9 Å². The number of nitrogens with zero attached hydrogens (tertiary/aromatic N) is 2. The summed E-state index contributed by atoms with van der Waals surface area (Å²) in [5.74, 6) is -0.870. The fraction of sp³-hybridized carbons (Fsp3) is 0.438. The summed E-state index contributed by atoms with van der Waals surface area (Å²) in [4.78, 5) is 0. The van der Waals surface area contributed by atoms with Gasteiger partial charge in [-0.1, -0.05) is 13.8 Å². The summed E-state index contributed by atoms with van der Waals surface area (Å²) in [5.41, 5.74) is 3.21. The summed E-state index contributed by atoms with van der Waals surface area (Å²) in [6, 6.07) is 3.48. The van der Waals surface area contributed by atoms with E-state index >= 15 is 0 Å². The van der Waals surface area contributed by atoms with Gasteiger partial charge in [0.05, 0.1) is 17.6 Å². The fourth-order valence-electron chi connectivity index (χ4n) is 2.62. The third-order valence-corrected chi connectivity index (χ3v) is 3.79. The number of halogens is 3. The predicted octanol–water partition coefficient (Wildman–Crippen LogP) is 4.63. The Labute approximate surface area is 128 Å². The van der Waals surface area contributed by atoms with E-state index < -0.39 is 11.6 Å². The van der Waals surface area contributed by atoms with Crippen LogP contribution in [0.5, 0.6) is 0 Å². The molecule has 0 bridgehead atoms. The summed E-state index contributed by atoms with van der Waals surface area (Å²) in [5, 5.41) is 4.38. The molecule has 114 valence electrons. The van der Waals surface area contributed by atoms with Crippen LogP contribution in [0.2, 0.25) is 0 Å². The molecule has 1 aromatic heterocycles. The van der Waals surface area contributed by atoms with Gasteiger partial charge in [-0.25, -0.2) is 8.78 Å². The zero-order chi connectivity index (χ0) is 15.6. The van der Waals surface area contributed by atoms with Gasteiger partial charge in [-0.3, -0.25) is 4.68 Å². The molecule has 21 heavy (non-hydrogen) atoms. The quantitative estimate of drug-likeness (QED) is 0.736. The molecule has 0 N–H and O–H groups in total. The Kier molecular flexibility index (Phi) is 4.99. The monoisotopic (exact) mass is 312 g/mol. The number of rotatable bonds is 5. The first-order valence-electron chi connectivity index (χ1n) is 7.14.